The summed E-state index contributed by atoms with van der Waals surface area (Å²) in [7, 11) is 0. The van der Waals surface area contributed by atoms with Gasteiger partial charge in [0.1, 0.15) is 0 Å². The maximum atomic E-state index is 12.3. The van der Waals surface area contributed by atoms with Crippen LogP contribution in [0.2, 0.25) is 0 Å². The highest BCUT2D eigenvalue weighted by molar-refractivity contribution is 5.82. The molecule has 1 aromatic carbocycles. The second-order valence-corrected chi connectivity index (χ2v) is 5.54. The Morgan fingerprint density at radius 1 is 1.43 bits per heavy atom. The van der Waals surface area contributed by atoms with Gasteiger partial charge in [0.15, 0.2) is 0 Å². The molecule has 1 amide bonds. The highest BCUT2D eigenvalue weighted by atomic mass is 16.2. The lowest BCUT2D eigenvalue weighted by Crippen LogP contribution is -2.50. The van der Waals surface area contributed by atoms with Gasteiger partial charge in [-0.3, -0.25) is 9.48 Å². The monoisotopic (exact) mass is 284 g/mol. The second kappa shape index (κ2) is 6.10. The minimum absolute atomic E-state index is 0.0522. The van der Waals surface area contributed by atoms with Gasteiger partial charge < -0.3 is 10.6 Å². The van der Waals surface area contributed by atoms with Gasteiger partial charge in [0.05, 0.1) is 12.6 Å². The Morgan fingerprint density at radius 2 is 2.24 bits per heavy atom. The topological polar surface area (TPSA) is 59.0 Å². The summed E-state index contributed by atoms with van der Waals surface area (Å²) in [6.45, 7) is 3.43. The Hall–Kier alpha value is -2.14. The van der Waals surface area contributed by atoms with E-state index in [-0.39, 0.29) is 18.0 Å². The van der Waals surface area contributed by atoms with Crippen LogP contribution in [0.25, 0.3) is 0 Å². The number of carbonyl (C=O) groups excluding carboxylic acids is 1. The summed E-state index contributed by atoms with van der Waals surface area (Å²) in [4.78, 5) is 12.3. The molecular weight excluding hydrogens is 264 g/mol. The highest BCUT2D eigenvalue weighted by Gasteiger charge is 2.24. The molecule has 0 aliphatic carbocycles. The molecule has 2 N–H and O–H groups in total. The van der Waals surface area contributed by atoms with Crippen molar-refractivity contribution in [2.75, 3.05) is 0 Å². The molecule has 0 saturated carbocycles. The summed E-state index contributed by atoms with van der Waals surface area (Å²) < 4.78 is 1.83. The zero-order valence-electron chi connectivity index (χ0n) is 12.1. The van der Waals surface area contributed by atoms with Crippen LogP contribution in [-0.4, -0.2) is 27.8 Å². The van der Waals surface area contributed by atoms with Crippen LogP contribution in [-0.2, 0) is 24.3 Å². The van der Waals surface area contributed by atoms with Crippen molar-refractivity contribution in [2.24, 2.45) is 0 Å². The molecule has 110 valence electrons. The molecular formula is C16H20N4O. The Labute approximate surface area is 124 Å². The molecule has 1 aromatic heterocycles. The van der Waals surface area contributed by atoms with Gasteiger partial charge in [-0.05, 0) is 30.5 Å². The van der Waals surface area contributed by atoms with Crippen molar-refractivity contribution in [1.29, 1.82) is 0 Å². The number of hydrogen-bond donors (Lipinski definition) is 2. The molecule has 1 aliphatic heterocycles. The smallest absolute Gasteiger partial charge is 0.237 e. The van der Waals surface area contributed by atoms with Crippen LogP contribution in [0.5, 0.6) is 0 Å². The molecule has 2 heterocycles. The van der Waals surface area contributed by atoms with Gasteiger partial charge in [-0.2, -0.15) is 5.10 Å². The van der Waals surface area contributed by atoms with Gasteiger partial charge >= 0.3 is 0 Å². The summed E-state index contributed by atoms with van der Waals surface area (Å²) in [5, 5.41) is 10.5. The molecule has 0 saturated heterocycles. The predicted octanol–water partition coefficient (Wildman–Crippen LogP) is 1.10. The van der Waals surface area contributed by atoms with Gasteiger partial charge in [0, 0.05) is 25.0 Å². The largest absolute Gasteiger partial charge is 0.350 e. The first-order chi connectivity index (χ1) is 10.2. The standard InChI is InChI=1S/C16H20N4O/c1-12(11-20-8-4-7-18-20)19-16(21)15-9-13-5-2-3-6-14(13)10-17-15/h2-8,12,15,17H,9-11H2,1H3,(H,19,21). The van der Waals surface area contributed by atoms with Crippen molar-refractivity contribution in [1.82, 2.24) is 20.4 Å². The Balaban J connectivity index is 1.56. The predicted molar refractivity (Wildman–Crippen MR) is 80.6 cm³/mol. The SMILES string of the molecule is CC(Cn1cccn1)NC(=O)C1Cc2ccccc2CN1. The van der Waals surface area contributed by atoms with E-state index >= 15 is 0 Å². The zero-order chi connectivity index (χ0) is 14.7. The fourth-order valence-corrected chi connectivity index (χ4v) is 2.72. The van der Waals surface area contributed by atoms with Crippen LogP contribution >= 0.6 is 0 Å². The van der Waals surface area contributed by atoms with Crippen molar-refractivity contribution >= 4 is 5.91 Å². The van der Waals surface area contributed by atoms with E-state index in [0.717, 1.165) is 13.0 Å². The van der Waals surface area contributed by atoms with E-state index in [1.807, 2.05) is 36.0 Å². The zero-order valence-corrected chi connectivity index (χ0v) is 12.1. The molecule has 21 heavy (non-hydrogen) atoms. The second-order valence-electron chi connectivity index (χ2n) is 5.54. The molecule has 2 atom stereocenters. The van der Waals surface area contributed by atoms with E-state index in [2.05, 4.69) is 27.9 Å². The number of nitrogens with one attached hydrogen (secondary N) is 2. The van der Waals surface area contributed by atoms with Crippen LogP contribution in [0, 0.1) is 0 Å². The Kier molecular flexibility index (Phi) is 4.01. The molecule has 3 rings (SSSR count). The average molecular weight is 284 g/mol. The molecule has 0 radical (unpaired) electrons. The summed E-state index contributed by atoms with van der Waals surface area (Å²) in [5.74, 6) is 0.0594. The van der Waals surface area contributed by atoms with Gasteiger partial charge in [0.2, 0.25) is 5.91 Å². The molecule has 0 spiro atoms. The number of aromatic nitrogens is 2. The van der Waals surface area contributed by atoms with E-state index in [1.54, 1.807) is 6.20 Å². The highest BCUT2D eigenvalue weighted by Crippen LogP contribution is 2.16. The molecule has 5 heteroatoms. The first-order valence-electron chi connectivity index (χ1n) is 7.30. The van der Waals surface area contributed by atoms with E-state index in [1.165, 1.54) is 11.1 Å². The third-order valence-corrected chi connectivity index (χ3v) is 3.81. The maximum absolute atomic E-state index is 12.3. The van der Waals surface area contributed by atoms with Gasteiger partial charge in [0.25, 0.3) is 0 Å². The molecule has 5 nitrogen and oxygen atoms in total. The molecule has 1 aliphatic rings. The average Bonchev–Trinajstić information content (AvgIpc) is 2.99. The first kappa shape index (κ1) is 13.8. The van der Waals surface area contributed by atoms with Crippen molar-refractivity contribution in [3.8, 4) is 0 Å². The van der Waals surface area contributed by atoms with Crippen molar-refractivity contribution < 1.29 is 4.79 Å². The maximum Gasteiger partial charge on any atom is 0.237 e. The Morgan fingerprint density at radius 3 is 3.00 bits per heavy atom. The van der Waals surface area contributed by atoms with Crippen LogP contribution in [0.15, 0.2) is 42.7 Å². The summed E-state index contributed by atoms with van der Waals surface area (Å²) >= 11 is 0. The van der Waals surface area contributed by atoms with Crippen molar-refractivity contribution in [3.63, 3.8) is 0 Å². The summed E-state index contributed by atoms with van der Waals surface area (Å²) in [5.41, 5.74) is 2.54. The number of carbonyl (C=O) groups is 1. The van der Waals surface area contributed by atoms with Gasteiger partial charge in [-0.15, -0.1) is 0 Å². The number of hydrogen-bond acceptors (Lipinski definition) is 3. The number of benzene rings is 1. The van der Waals surface area contributed by atoms with Crippen LogP contribution < -0.4 is 10.6 Å². The van der Waals surface area contributed by atoms with Crippen LogP contribution in [0.3, 0.4) is 0 Å². The third-order valence-electron chi connectivity index (χ3n) is 3.81. The van der Waals surface area contributed by atoms with Crippen molar-refractivity contribution in [3.05, 3.63) is 53.9 Å². The van der Waals surface area contributed by atoms with E-state index in [4.69, 9.17) is 0 Å². The molecule has 0 bridgehead atoms. The lowest BCUT2D eigenvalue weighted by molar-refractivity contribution is -0.124. The van der Waals surface area contributed by atoms with Crippen LogP contribution in [0.4, 0.5) is 0 Å². The normalized spacial score (nSPS) is 18.8. The summed E-state index contributed by atoms with van der Waals surface area (Å²) in [6.07, 6.45) is 4.39. The minimum Gasteiger partial charge on any atom is -0.350 e. The number of fused-ring (bicyclic) bond motifs is 1. The molecule has 2 unspecified atom stereocenters. The number of rotatable bonds is 4. The fraction of sp³-hybridized carbons (Fsp3) is 0.375. The minimum atomic E-state index is -0.153. The molecule has 2 aromatic rings. The Bertz CT molecular complexity index is 608. The van der Waals surface area contributed by atoms with E-state index in [0.29, 0.717) is 6.54 Å². The lowest BCUT2D eigenvalue weighted by atomic mass is 9.95. The number of amides is 1. The molecule has 0 fully saturated rings. The summed E-state index contributed by atoms with van der Waals surface area (Å²) in [6, 6.07) is 10.1. The van der Waals surface area contributed by atoms with E-state index in [9.17, 15) is 4.79 Å². The number of nitrogens with zero attached hydrogens (tertiary/aromatic N) is 2. The van der Waals surface area contributed by atoms with Crippen LogP contribution in [0.1, 0.15) is 18.1 Å². The van der Waals surface area contributed by atoms with Gasteiger partial charge in [-0.1, -0.05) is 24.3 Å². The lowest BCUT2D eigenvalue weighted by Gasteiger charge is -2.26. The quantitative estimate of drug-likeness (QED) is 0.884. The van der Waals surface area contributed by atoms with Crippen molar-refractivity contribution in [2.45, 2.75) is 38.5 Å². The van der Waals surface area contributed by atoms with E-state index < -0.39 is 0 Å². The first-order valence-corrected chi connectivity index (χ1v) is 7.30. The van der Waals surface area contributed by atoms with Gasteiger partial charge in [-0.25, -0.2) is 0 Å². The fourth-order valence-electron chi connectivity index (χ4n) is 2.72. The third kappa shape index (κ3) is 3.31.